The summed E-state index contributed by atoms with van der Waals surface area (Å²) in [4.78, 5) is 55.4. The SMILES string of the molecule is COCCc1ncnc2c1ncn2[C@@H]1O[C@H](COP(=O)(O)O[C@@H]2[C@H](O)[C@@H](CO)O[C@H]2n2cnc3c(=O)[nH]c(N)nc32)[C@@H](O[PH](=O)O)[C@H]1O. The molecule has 2 saturated heterocycles. The Morgan fingerprint density at radius 3 is 2.46 bits per heavy atom. The summed E-state index contributed by atoms with van der Waals surface area (Å²) in [6.07, 6.45) is -7.99. The number of rotatable bonds is 13. The molecule has 4 aromatic heterocycles. The fourth-order valence-corrected chi connectivity index (χ4v) is 6.96. The molecule has 25 heteroatoms. The van der Waals surface area contributed by atoms with Crippen molar-refractivity contribution in [1.29, 1.82) is 0 Å². The average Bonchev–Trinajstić information content (AvgIpc) is 3.80. The van der Waals surface area contributed by atoms with Crippen molar-refractivity contribution in [3.05, 3.63) is 35.0 Å². The van der Waals surface area contributed by atoms with Crippen LogP contribution in [0.25, 0.3) is 22.3 Å². The summed E-state index contributed by atoms with van der Waals surface area (Å²) >= 11 is 0. The highest BCUT2D eigenvalue weighted by molar-refractivity contribution is 7.47. The molecule has 2 fully saturated rings. The van der Waals surface area contributed by atoms with Gasteiger partial charge in [0, 0.05) is 13.5 Å². The van der Waals surface area contributed by atoms with E-state index in [1.807, 2.05) is 0 Å². The minimum Gasteiger partial charge on any atom is -0.394 e. The third-order valence-corrected chi connectivity index (χ3v) is 9.13. The normalized spacial score (nSPS) is 29.5. The number of aromatic nitrogens is 8. The summed E-state index contributed by atoms with van der Waals surface area (Å²) in [6, 6.07) is 0. The van der Waals surface area contributed by atoms with E-state index in [-0.39, 0.29) is 22.8 Å². The number of imidazole rings is 2. The average molecular weight is 719 g/mol. The number of nitrogens with zero attached hydrogens (tertiary/aromatic N) is 7. The van der Waals surface area contributed by atoms with E-state index in [9.17, 15) is 39.0 Å². The Hall–Kier alpha value is -3.28. The third kappa shape index (κ3) is 6.65. The summed E-state index contributed by atoms with van der Waals surface area (Å²) in [5.41, 5.74) is 5.86. The van der Waals surface area contributed by atoms with Gasteiger partial charge in [0.25, 0.3) is 5.56 Å². The fourth-order valence-electron chi connectivity index (χ4n) is 5.50. The number of aliphatic hydroxyl groups excluding tert-OH is 3. The summed E-state index contributed by atoms with van der Waals surface area (Å²) < 4.78 is 59.5. The molecule has 0 spiro atoms. The maximum absolute atomic E-state index is 13.2. The lowest BCUT2D eigenvalue weighted by atomic mass is 10.1. The van der Waals surface area contributed by atoms with Gasteiger partial charge in [-0.3, -0.25) is 32.5 Å². The summed E-state index contributed by atoms with van der Waals surface area (Å²) in [5.74, 6) is -0.276. The standard InChI is InChI=1S/C23H31N9O14P2/c1-41-3-2-9-12-18(26-6-25-9)31(7-27-12)21-15(35)16(45-47(37)38)11(44-21)5-42-48(39,40)46-17-14(34)10(4-33)43-22(17)32-8-28-13-19(32)29-23(24)30-20(13)36/h6-8,10-11,14-17,21-22,33-35,47H,2-5H2,1H3,(H,37,38)(H,39,40)(H3,24,29,30,36)/t10-,11-,14-,15-,16-,17-,21-,22-/m1/s1. The van der Waals surface area contributed by atoms with Crippen LogP contribution < -0.4 is 11.3 Å². The third-order valence-electron chi connectivity index (χ3n) is 7.67. The van der Waals surface area contributed by atoms with Crippen LogP contribution in [-0.4, -0.2) is 128 Å². The predicted molar refractivity (Wildman–Crippen MR) is 157 cm³/mol. The predicted octanol–water partition coefficient (Wildman–Crippen LogP) is -2.49. The second-order valence-electron chi connectivity index (χ2n) is 10.6. The van der Waals surface area contributed by atoms with Crippen molar-refractivity contribution >= 4 is 44.4 Å². The number of hydrogen-bond donors (Lipinski definition) is 7. The van der Waals surface area contributed by atoms with Crippen LogP contribution in [-0.2, 0) is 43.3 Å². The molecule has 8 N–H and O–H groups in total. The van der Waals surface area contributed by atoms with Crippen LogP contribution in [0.2, 0.25) is 0 Å². The number of methoxy groups -OCH3 is 1. The number of hydrogen-bond acceptors (Lipinski definition) is 18. The number of nitrogen functional groups attached to an aromatic ring is 1. The summed E-state index contributed by atoms with van der Waals surface area (Å²) in [7, 11) is -7.32. The Labute approximate surface area is 268 Å². The number of aliphatic hydroxyl groups is 3. The molecule has 0 amide bonds. The highest BCUT2D eigenvalue weighted by atomic mass is 31.2. The molecular formula is C23H31N9O14P2. The van der Waals surface area contributed by atoms with Gasteiger partial charge in [0.05, 0.1) is 38.2 Å². The lowest BCUT2D eigenvalue weighted by Crippen LogP contribution is -2.36. The van der Waals surface area contributed by atoms with E-state index in [0.29, 0.717) is 24.2 Å². The second kappa shape index (κ2) is 13.9. The molecule has 2 aliphatic rings. The molecule has 262 valence electrons. The number of anilines is 1. The maximum atomic E-state index is 13.2. The monoisotopic (exact) mass is 719 g/mol. The largest absolute Gasteiger partial charge is 0.472 e. The summed E-state index contributed by atoms with van der Waals surface area (Å²) in [5, 5.41) is 31.6. The first-order chi connectivity index (χ1) is 22.9. The topological polar surface area (TPSA) is 324 Å². The fraction of sp³-hybridized carbons (Fsp3) is 0.565. The van der Waals surface area contributed by atoms with E-state index in [1.165, 1.54) is 24.3 Å². The molecule has 4 aromatic rings. The molecule has 10 atom stereocenters. The first-order valence-corrected chi connectivity index (χ1v) is 16.9. The number of ether oxygens (including phenoxy) is 3. The number of phosphoric ester groups is 1. The molecule has 0 saturated carbocycles. The van der Waals surface area contributed by atoms with E-state index in [1.54, 1.807) is 0 Å². The van der Waals surface area contributed by atoms with Crippen LogP contribution in [0.3, 0.4) is 0 Å². The molecule has 0 radical (unpaired) electrons. The van der Waals surface area contributed by atoms with Crippen LogP contribution in [0, 0.1) is 0 Å². The van der Waals surface area contributed by atoms with Crippen molar-refractivity contribution in [3.8, 4) is 0 Å². The molecule has 0 bridgehead atoms. The molecule has 48 heavy (non-hydrogen) atoms. The van der Waals surface area contributed by atoms with Gasteiger partial charge in [-0.25, -0.2) is 24.5 Å². The van der Waals surface area contributed by atoms with E-state index < -0.39 is 83.9 Å². The quantitative estimate of drug-likeness (QED) is 0.0703. The van der Waals surface area contributed by atoms with Gasteiger partial charge in [0.15, 0.2) is 29.3 Å². The molecule has 6 heterocycles. The number of H-pyrrole nitrogens is 1. The van der Waals surface area contributed by atoms with Gasteiger partial charge in [-0.05, 0) is 0 Å². The molecular weight excluding hydrogens is 688 g/mol. The van der Waals surface area contributed by atoms with Crippen LogP contribution in [0.4, 0.5) is 5.95 Å². The van der Waals surface area contributed by atoms with Crippen molar-refractivity contribution in [2.75, 3.05) is 32.7 Å². The van der Waals surface area contributed by atoms with Gasteiger partial charge < -0.3 is 49.6 Å². The molecule has 23 nitrogen and oxygen atoms in total. The highest BCUT2D eigenvalue weighted by Gasteiger charge is 2.51. The van der Waals surface area contributed by atoms with E-state index in [4.69, 9.17) is 33.5 Å². The van der Waals surface area contributed by atoms with E-state index >= 15 is 0 Å². The van der Waals surface area contributed by atoms with Gasteiger partial charge in [-0.1, -0.05) is 0 Å². The van der Waals surface area contributed by atoms with Gasteiger partial charge in [-0.15, -0.1) is 0 Å². The van der Waals surface area contributed by atoms with Crippen molar-refractivity contribution in [1.82, 2.24) is 39.0 Å². The van der Waals surface area contributed by atoms with Crippen LogP contribution in [0.5, 0.6) is 0 Å². The Bertz CT molecular complexity index is 1910. The van der Waals surface area contributed by atoms with Crippen molar-refractivity contribution in [2.45, 2.75) is 55.5 Å². The van der Waals surface area contributed by atoms with E-state index in [0.717, 1.165) is 10.9 Å². The zero-order valence-electron chi connectivity index (χ0n) is 24.7. The number of nitrogens with two attached hydrogens (primary N) is 1. The van der Waals surface area contributed by atoms with Crippen molar-refractivity contribution in [2.24, 2.45) is 0 Å². The van der Waals surface area contributed by atoms with Crippen LogP contribution in [0.1, 0.15) is 18.1 Å². The minimum absolute atomic E-state index is 0.115. The molecule has 2 unspecified atom stereocenters. The number of phosphoric acid groups is 1. The Morgan fingerprint density at radius 1 is 1.04 bits per heavy atom. The van der Waals surface area contributed by atoms with Gasteiger partial charge in [0.1, 0.15) is 48.5 Å². The summed E-state index contributed by atoms with van der Waals surface area (Å²) in [6.45, 7) is -1.21. The lowest BCUT2D eigenvalue weighted by Gasteiger charge is -2.25. The van der Waals surface area contributed by atoms with Crippen LogP contribution >= 0.6 is 16.1 Å². The van der Waals surface area contributed by atoms with Gasteiger partial charge in [0.2, 0.25) is 5.95 Å². The van der Waals surface area contributed by atoms with E-state index in [2.05, 4.69) is 29.9 Å². The number of fused-ring (bicyclic) bond motifs is 2. The minimum atomic E-state index is -5.17. The highest BCUT2D eigenvalue weighted by Crippen LogP contribution is 2.50. The van der Waals surface area contributed by atoms with Gasteiger partial charge in [-0.2, -0.15) is 4.98 Å². The maximum Gasteiger partial charge on any atom is 0.472 e. The zero-order chi connectivity index (χ0) is 34.3. The lowest BCUT2D eigenvalue weighted by molar-refractivity contribution is -0.0609. The Kier molecular flexibility index (Phi) is 10.0. The molecule has 0 aromatic carbocycles. The van der Waals surface area contributed by atoms with Gasteiger partial charge >= 0.3 is 16.1 Å². The Morgan fingerprint density at radius 2 is 1.75 bits per heavy atom. The number of aromatic amines is 1. The smallest absolute Gasteiger partial charge is 0.394 e. The molecule has 2 aliphatic heterocycles. The zero-order valence-corrected chi connectivity index (χ0v) is 26.6. The number of nitrogens with one attached hydrogen (secondary N) is 1. The van der Waals surface area contributed by atoms with Crippen LogP contribution in [0.15, 0.2) is 23.8 Å². The first kappa shape index (κ1) is 34.6. The van der Waals surface area contributed by atoms with Crippen molar-refractivity contribution < 1.29 is 62.0 Å². The molecule has 6 rings (SSSR count). The first-order valence-electron chi connectivity index (χ1n) is 14.1. The van der Waals surface area contributed by atoms with Crippen molar-refractivity contribution in [3.63, 3.8) is 0 Å². The Balaban J connectivity index is 1.22. The molecule has 0 aliphatic carbocycles. The second-order valence-corrected chi connectivity index (χ2v) is 12.8.